The third-order valence-electron chi connectivity index (χ3n) is 3.37. The quantitative estimate of drug-likeness (QED) is 0.870. The molecule has 1 heterocycles. The van der Waals surface area contributed by atoms with Crippen LogP contribution in [0.4, 0.5) is 5.13 Å². The highest BCUT2D eigenvalue weighted by Crippen LogP contribution is 2.35. The third kappa shape index (κ3) is 2.60. The fourth-order valence-electron chi connectivity index (χ4n) is 2.53. The fraction of sp³-hybridized carbons (Fsp3) is 0.667. The second-order valence-electron chi connectivity index (χ2n) is 5.01. The van der Waals surface area contributed by atoms with Crippen LogP contribution < -0.4 is 5.32 Å². The van der Waals surface area contributed by atoms with Crippen LogP contribution >= 0.6 is 11.3 Å². The van der Waals surface area contributed by atoms with E-state index in [0.29, 0.717) is 18.8 Å². The van der Waals surface area contributed by atoms with E-state index in [9.17, 15) is 9.90 Å². The second-order valence-corrected chi connectivity index (χ2v) is 5.87. The van der Waals surface area contributed by atoms with Crippen LogP contribution in [0.25, 0.3) is 0 Å². The smallest absolute Gasteiger partial charge is 0.329 e. The van der Waals surface area contributed by atoms with Crippen molar-refractivity contribution in [2.45, 2.75) is 45.1 Å². The minimum Gasteiger partial charge on any atom is -0.480 e. The van der Waals surface area contributed by atoms with Crippen molar-refractivity contribution in [3.05, 3.63) is 11.1 Å². The predicted octanol–water partition coefficient (Wildman–Crippen LogP) is 2.90. The van der Waals surface area contributed by atoms with Crippen LogP contribution in [0.15, 0.2) is 5.38 Å². The van der Waals surface area contributed by atoms with Crippen LogP contribution in [-0.2, 0) is 4.79 Å². The van der Waals surface area contributed by atoms with Gasteiger partial charge >= 0.3 is 5.97 Å². The van der Waals surface area contributed by atoms with Gasteiger partial charge in [-0.15, -0.1) is 11.3 Å². The van der Waals surface area contributed by atoms with Crippen LogP contribution in [0.1, 0.15) is 38.3 Å². The number of aryl methyl sites for hydroxylation is 1. The van der Waals surface area contributed by atoms with Gasteiger partial charge in [0.05, 0.1) is 5.69 Å². The first-order valence-electron chi connectivity index (χ1n) is 5.95. The lowest BCUT2D eigenvalue weighted by molar-refractivity contribution is -0.144. The first-order valence-corrected chi connectivity index (χ1v) is 6.83. The lowest BCUT2D eigenvalue weighted by Gasteiger charge is -2.36. The minimum atomic E-state index is -0.817. The van der Waals surface area contributed by atoms with Gasteiger partial charge in [-0.25, -0.2) is 9.78 Å². The molecular formula is C12H18N2O2S. The standard InChI is InChI=1S/C12H18N2O2S/c1-8-4-3-5-12(6-8,10(15)16)14-11-13-9(2)7-17-11/h7-8H,3-6H2,1-2H3,(H,13,14)(H,15,16). The molecule has 1 fully saturated rings. The molecule has 1 aromatic heterocycles. The average Bonchev–Trinajstić information content (AvgIpc) is 2.63. The molecule has 2 N–H and O–H groups in total. The van der Waals surface area contributed by atoms with Gasteiger partial charge in [0.15, 0.2) is 5.13 Å². The molecule has 1 aromatic rings. The topological polar surface area (TPSA) is 62.2 Å². The number of aromatic nitrogens is 1. The van der Waals surface area contributed by atoms with Crippen LogP contribution in [0.2, 0.25) is 0 Å². The molecule has 2 rings (SSSR count). The number of hydrogen-bond donors (Lipinski definition) is 2. The maximum Gasteiger partial charge on any atom is 0.329 e. The number of rotatable bonds is 3. The SMILES string of the molecule is Cc1csc(NC2(C(=O)O)CCCC(C)C2)n1. The summed E-state index contributed by atoms with van der Waals surface area (Å²) in [4.78, 5) is 15.8. The summed E-state index contributed by atoms with van der Waals surface area (Å²) in [6.45, 7) is 4.03. The van der Waals surface area contributed by atoms with E-state index >= 15 is 0 Å². The molecule has 94 valence electrons. The molecule has 1 saturated carbocycles. The Labute approximate surface area is 105 Å². The van der Waals surface area contributed by atoms with Crippen LogP contribution in [0, 0.1) is 12.8 Å². The molecule has 1 aliphatic carbocycles. The second kappa shape index (κ2) is 4.64. The number of carboxylic acids is 1. The molecule has 0 saturated heterocycles. The molecule has 1 aliphatic rings. The maximum atomic E-state index is 11.5. The Morgan fingerprint density at radius 2 is 2.47 bits per heavy atom. The number of aliphatic carboxylic acids is 1. The summed E-state index contributed by atoms with van der Waals surface area (Å²) in [7, 11) is 0. The van der Waals surface area contributed by atoms with E-state index < -0.39 is 11.5 Å². The maximum absolute atomic E-state index is 11.5. The molecule has 0 amide bonds. The zero-order valence-corrected chi connectivity index (χ0v) is 11.0. The molecule has 17 heavy (non-hydrogen) atoms. The van der Waals surface area contributed by atoms with Crippen LogP contribution in [0.3, 0.4) is 0 Å². The Kier molecular flexibility index (Phi) is 3.38. The van der Waals surface area contributed by atoms with Gasteiger partial charge < -0.3 is 10.4 Å². The van der Waals surface area contributed by atoms with E-state index in [1.165, 1.54) is 11.3 Å². The van der Waals surface area contributed by atoms with Gasteiger partial charge in [-0.05, 0) is 25.7 Å². The number of nitrogens with one attached hydrogen (secondary N) is 1. The van der Waals surface area contributed by atoms with Gasteiger partial charge in [-0.2, -0.15) is 0 Å². The van der Waals surface area contributed by atoms with Crippen molar-refractivity contribution in [2.75, 3.05) is 5.32 Å². The van der Waals surface area contributed by atoms with Crippen molar-refractivity contribution < 1.29 is 9.90 Å². The third-order valence-corrected chi connectivity index (χ3v) is 4.25. The van der Waals surface area contributed by atoms with E-state index in [4.69, 9.17) is 0 Å². The summed E-state index contributed by atoms with van der Waals surface area (Å²) in [5, 5.41) is 15.3. The lowest BCUT2D eigenvalue weighted by atomic mass is 9.76. The Morgan fingerprint density at radius 3 is 3.00 bits per heavy atom. The van der Waals surface area contributed by atoms with Crippen molar-refractivity contribution in [2.24, 2.45) is 5.92 Å². The van der Waals surface area contributed by atoms with Gasteiger partial charge in [0.2, 0.25) is 0 Å². The summed E-state index contributed by atoms with van der Waals surface area (Å²) < 4.78 is 0. The number of anilines is 1. The summed E-state index contributed by atoms with van der Waals surface area (Å²) in [5.41, 5.74) is 0.115. The fourth-order valence-corrected chi connectivity index (χ4v) is 3.31. The van der Waals surface area contributed by atoms with Crippen molar-refractivity contribution in [3.8, 4) is 0 Å². The molecule has 2 atom stereocenters. The highest BCUT2D eigenvalue weighted by atomic mass is 32.1. The monoisotopic (exact) mass is 254 g/mol. The van der Waals surface area contributed by atoms with Gasteiger partial charge in [-0.1, -0.05) is 19.8 Å². The molecule has 0 spiro atoms. The van der Waals surface area contributed by atoms with Crippen LogP contribution in [0.5, 0.6) is 0 Å². The molecule has 0 bridgehead atoms. The molecule has 0 radical (unpaired) electrons. The molecule has 4 nitrogen and oxygen atoms in total. The summed E-state index contributed by atoms with van der Waals surface area (Å²) >= 11 is 1.47. The van der Waals surface area contributed by atoms with Crippen molar-refractivity contribution in [3.63, 3.8) is 0 Å². The van der Waals surface area contributed by atoms with E-state index in [2.05, 4.69) is 17.2 Å². The summed E-state index contributed by atoms with van der Waals surface area (Å²) in [6.07, 6.45) is 3.45. The summed E-state index contributed by atoms with van der Waals surface area (Å²) in [6, 6.07) is 0. The number of carbonyl (C=O) groups is 1. The largest absolute Gasteiger partial charge is 0.480 e. The Balaban J connectivity index is 2.19. The van der Waals surface area contributed by atoms with Gasteiger partial charge in [-0.3, -0.25) is 0 Å². The van der Waals surface area contributed by atoms with Crippen molar-refractivity contribution >= 4 is 22.4 Å². The molecule has 5 heteroatoms. The highest BCUT2D eigenvalue weighted by molar-refractivity contribution is 7.13. The van der Waals surface area contributed by atoms with E-state index in [1.807, 2.05) is 12.3 Å². The summed E-state index contributed by atoms with van der Waals surface area (Å²) in [5.74, 6) is -0.301. The number of thiazole rings is 1. The first-order chi connectivity index (χ1) is 8.02. The normalized spacial score (nSPS) is 28.9. The lowest BCUT2D eigenvalue weighted by Crippen LogP contribution is -2.49. The Hall–Kier alpha value is -1.10. The number of nitrogens with zero attached hydrogens (tertiary/aromatic N) is 1. The van der Waals surface area contributed by atoms with E-state index in [-0.39, 0.29) is 0 Å². The first kappa shape index (κ1) is 12.4. The zero-order valence-electron chi connectivity index (χ0n) is 10.2. The van der Waals surface area contributed by atoms with Gasteiger partial charge in [0.1, 0.15) is 5.54 Å². The van der Waals surface area contributed by atoms with Crippen LogP contribution in [-0.4, -0.2) is 21.6 Å². The van der Waals surface area contributed by atoms with Crippen molar-refractivity contribution in [1.29, 1.82) is 0 Å². The molecule has 2 unspecified atom stereocenters. The number of hydrogen-bond acceptors (Lipinski definition) is 4. The molecular weight excluding hydrogens is 236 g/mol. The van der Waals surface area contributed by atoms with Crippen molar-refractivity contribution in [1.82, 2.24) is 4.98 Å². The van der Waals surface area contributed by atoms with Gasteiger partial charge in [0.25, 0.3) is 0 Å². The van der Waals surface area contributed by atoms with Gasteiger partial charge in [0, 0.05) is 5.38 Å². The van der Waals surface area contributed by atoms with E-state index in [0.717, 1.165) is 23.7 Å². The Morgan fingerprint density at radius 1 is 1.71 bits per heavy atom. The molecule has 0 aromatic carbocycles. The Bertz CT molecular complexity index is 418. The zero-order chi connectivity index (χ0) is 12.5. The van der Waals surface area contributed by atoms with E-state index in [1.54, 1.807) is 0 Å². The minimum absolute atomic E-state index is 0.452. The highest BCUT2D eigenvalue weighted by Gasteiger charge is 2.42. The number of carboxylic acid groups (broad SMARTS) is 1. The average molecular weight is 254 g/mol. The molecule has 0 aliphatic heterocycles. The predicted molar refractivity (Wildman–Crippen MR) is 68.5 cm³/mol.